The van der Waals surface area contributed by atoms with Gasteiger partial charge in [-0.3, -0.25) is 9.59 Å². The van der Waals surface area contributed by atoms with Crippen molar-refractivity contribution < 1.29 is 18.0 Å². The molecule has 138 valence electrons. The zero-order valence-electron chi connectivity index (χ0n) is 13.9. The van der Waals surface area contributed by atoms with E-state index < -0.39 is 16.8 Å². The van der Waals surface area contributed by atoms with Crippen molar-refractivity contribution in [3.8, 4) is 0 Å². The first-order chi connectivity index (χ1) is 12.1. The zero-order chi connectivity index (χ0) is 19.1. The van der Waals surface area contributed by atoms with Crippen molar-refractivity contribution in [3.05, 3.63) is 62.3 Å². The van der Waals surface area contributed by atoms with Crippen LogP contribution in [0.25, 0.3) is 0 Å². The average molecular weight is 385 g/mol. The summed E-state index contributed by atoms with van der Waals surface area (Å²) in [5, 5.41) is -0.403. The van der Waals surface area contributed by atoms with E-state index in [-0.39, 0.29) is 35.3 Å². The molecule has 0 unspecified atom stereocenters. The Labute approximate surface area is 152 Å². The molecule has 0 saturated heterocycles. The van der Waals surface area contributed by atoms with Crippen molar-refractivity contribution in [2.24, 2.45) is 0 Å². The van der Waals surface area contributed by atoms with E-state index >= 15 is 0 Å². The van der Waals surface area contributed by atoms with Gasteiger partial charge in [0.1, 0.15) is 11.5 Å². The van der Waals surface area contributed by atoms with E-state index in [1.807, 2.05) is 0 Å². The van der Waals surface area contributed by atoms with Crippen LogP contribution in [0.15, 0.2) is 29.1 Å². The number of H-pyrrole nitrogens is 1. The monoisotopic (exact) mass is 384 g/mol. The minimum atomic E-state index is -4.52. The first-order valence-electron chi connectivity index (χ1n) is 8.16. The number of halogens is 4. The van der Waals surface area contributed by atoms with Crippen LogP contribution in [-0.2, 0) is 6.18 Å². The van der Waals surface area contributed by atoms with Crippen molar-refractivity contribution in [3.63, 3.8) is 0 Å². The van der Waals surface area contributed by atoms with Gasteiger partial charge in [0.2, 0.25) is 0 Å². The molecule has 0 bridgehead atoms. The molecule has 1 heterocycles. The number of hydrogen-bond donors (Lipinski definition) is 1. The normalized spacial score (nSPS) is 15.7. The molecule has 0 spiro atoms. The number of rotatable bonds is 5. The zero-order valence-corrected chi connectivity index (χ0v) is 14.6. The van der Waals surface area contributed by atoms with Gasteiger partial charge < -0.3 is 4.98 Å². The van der Waals surface area contributed by atoms with Gasteiger partial charge in [0.15, 0.2) is 5.78 Å². The third-order valence-electron chi connectivity index (χ3n) is 4.37. The summed E-state index contributed by atoms with van der Waals surface area (Å²) in [4.78, 5) is 31.0. The number of ketones is 1. The number of Topliss-reactive ketones (excluding diaryl/α,β-unsaturated/α-hetero) is 1. The molecule has 1 aromatic carbocycles. The minimum Gasteiger partial charge on any atom is -0.310 e. The van der Waals surface area contributed by atoms with Gasteiger partial charge in [0, 0.05) is 18.4 Å². The molecule has 1 saturated carbocycles. The predicted octanol–water partition coefficient (Wildman–Crippen LogP) is 4.70. The molecule has 0 radical (unpaired) electrons. The summed E-state index contributed by atoms with van der Waals surface area (Å²) < 4.78 is 38.3. The van der Waals surface area contributed by atoms with Crippen LogP contribution in [0.3, 0.4) is 0 Å². The van der Waals surface area contributed by atoms with Crippen LogP contribution in [0.1, 0.15) is 65.5 Å². The van der Waals surface area contributed by atoms with Gasteiger partial charge >= 0.3 is 6.18 Å². The smallest absolute Gasteiger partial charge is 0.310 e. The first kappa shape index (κ1) is 18.6. The fourth-order valence-electron chi connectivity index (χ4n) is 2.74. The number of alkyl halides is 3. The van der Waals surface area contributed by atoms with Gasteiger partial charge in [-0.25, -0.2) is 4.98 Å². The Kier molecular flexibility index (Phi) is 4.92. The van der Waals surface area contributed by atoms with Crippen molar-refractivity contribution >= 4 is 17.4 Å². The molecule has 4 nitrogen and oxygen atoms in total. The Morgan fingerprint density at radius 3 is 2.62 bits per heavy atom. The summed E-state index contributed by atoms with van der Waals surface area (Å²) in [6.07, 6.45) is -2.65. The minimum absolute atomic E-state index is 0.0161. The Balaban J connectivity index is 1.77. The van der Waals surface area contributed by atoms with Crippen molar-refractivity contribution in [1.29, 1.82) is 0 Å². The molecule has 1 atom stereocenters. The fraction of sp³-hybridized carbons (Fsp3) is 0.389. The fourth-order valence-corrected chi connectivity index (χ4v) is 3.03. The Morgan fingerprint density at radius 1 is 1.35 bits per heavy atom. The molecule has 1 aromatic heterocycles. The summed E-state index contributed by atoms with van der Waals surface area (Å²) in [6.45, 7) is 1.71. The summed E-state index contributed by atoms with van der Waals surface area (Å²) in [5.74, 6) is 0.0157. The molecule has 1 aliphatic carbocycles. The van der Waals surface area contributed by atoms with Crippen LogP contribution in [0, 0.1) is 0 Å². The third-order valence-corrected chi connectivity index (χ3v) is 4.68. The second kappa shape index (κ2) is 6.87. The van der Waals surface area contributed by atoms with E-state index in [0.29, 0.717) is 11.4 Å². The second-order valence-corrected chi connectivity index (χ2v) is 6.96. The SMILES string of the molecule is C[C@@H](CC(=O)c1cc(=O)[nH]c(C2CC2)n1)c1ccc(C(F)(F)F)c(Cl)c1. The van der Waals surface area contributed by atoms with E-state index in [4.69, 9.17) is 11.6 Å². The van der Waals surface area contributed by atoms with E-state index in [9.17, 15) is 22.8 Å². The van der Waals surface area contributed by atoms with Crippen molar-refractivity contribution in [2.75, 3.05) is 0 Å². The van der Waals surface area contributed by atoms with Crippen molar-refractivity contribution in [2.45, 2.75) is 44.2 Å². The average Bonchev–Trinajstić information content (AvgIpc) is 3.37. The number of benzene rings is 1. The second-order valence-electron chi connectivity index (χ2n) is 6.56. The van der Waals surface area contributed by atoms with Gasteiger partial charge in [-0.15, -0.1) is 0 Å². The molecular formula is C18H16ClF3N2O2. The number of nitrogens with one attached hydrogen (secondary N) is 1. The highest BCUT2D eigenvalue weighted by atomic mass is 35.5. The Hall–Kier alpha value is -2.15. The first-order valence-corrected chi connectivity index (χ1v) is 8.54. The maximum atomic E-state index is 12.8. The maximum Gasteiger partial charge on any atom is 0.417 e. The van der Waals surface area contributed by atoms with Crippen LogP contribution in [0.5, 0.6) is 0 Å². The molecule has 2 aromatic rings. The Bertz CT molecular complexity index is 904. The molecule has 8 heteroatoms. The molecule has 0 amide bonds. The largest absolute Gasteiger partial charge is 0.417 e. The van der Waals surface area contributed by atoms with Crippen LogP contribution >= 0.6 is 11.6 Å². The quantitative estimate of drug-likeness (QED) is 0.760. The summed E-state index contributed by atoms with van der Waals surface area (Å²) in [6, 6.07) is 4.60. The van der Waals surface area contributed by atoms with Crippen LogP contribution < -0.4 is 5.56 Å². The molecule has 26 heavy (non-hydrogen) atoms. The highest BCUT2D eigenvalue weighted by Crippen LogP contribution is 2.38. The lowest BCUT2D eigenvalue weighted by Gasteiger charge is -2.14. The van der Waals surface area contributed by atoms with Gasteiger partial charge in [0.25, 0.3) is 5.56 Å². The number of aromatic nitrogens is 2. The van der Waals surface area contributed by atoms with Crippen LogP contribution in [0.4, 0.5) is 13.2 Å². The number of nitrogens with zero attached hydrogens (tertiary/aromatic N) is 1. The van der Waals surface area contributed by atoms with Gasteiger partial charge in [0.05, 0.1) is 10.6 Å². The lowest BCUT2D eigenvalue weighted by Crippen LogP contribution is -2.16. The third kappa shape index (κ3) is 4.15. The topological polar surface area (TPSA) is 62.8 Å². The maximum absolute atomic E-state index is 12.8. The number of aromatic amines is 1. The molecule has 0 aliphatic heterocycles. The summed E-state index contributed by atoms with van der Waals surface area (Å²) in [7, 11) is 0. The highest BCUT2D eigenvalue weighted by molar-refractivity contribution is 6.31. The van der Waals surface area contributed by atoms with E-state index in [1.54, 1.807) is 6.92 Å². The van der Waals surface area contributed by atoms with Crippen LogP contribution in [0.2, 0.25) is 5.02 Å². The standard InChI is InChI=1S/C18H16ClF3N2O2/c1-9(11-4-5-12(13(19)7-11)18(20,21)22)6-15(25)14-8-16(26)24-17(23-14)10-2-3-10/h4-5,7-10H,2-3,6H2,1H3,(H,23,24,26)/t9-/m0/s1. The van der Waals surface area contributed by atoms with Gasteiger partial charge in [-0.05, 0) is 36.5 Å². The van der Waals surface area contributed by atoms with E-state index in [1.165, 1.54) is 12.1 Å². The molecule has 3 rings (SSSR count). The van der Waals surface area contributed by atoms with Crippen molar-refractivity contribution in [1.82, 2.24) is 9.97 Å². The van der Waals surface area contributed by atoms with Crippen LogP contribution in [-0.4, -0.2) is 15.8 Å². The molecule has 1 aliphatic rings. The number of carbonyl (C=O) groups is 1. The predicted molar refractivity (Wildman–Crippen MR) is 90.6 cm³/mol. The molecule has 1 fully saturated rings. The summed E-state index contributed by atoms with van der Waals surface area (Å²) >= 11 is 5.73. The van der Waals surface area contributed by atoms with Gasteiger partial charge in [-0.1, -0.05) is 24.6 Å². The summed E-state index contributed by atoms with van der Waals surface area (Å²) in [5.41, 5.74) is -0.689. The van der Waals surface area contributed by atoms with E-state index in [2.05, 4.69) is 9.97 Å². The van der Waals surface area contributed by atoms with E-state index in [0.717, 1.165) is 25.0 Å². The molecular weight excluding hydrogens is 369 g/mol. The number of hydrogen-bond acceptors (Lipinski definition) is 3. The lowest BCUT2D eigenvalue weighted by molar-refractivity contribution is -0.137. The van der Waals surface area contributed by atoms with Gasteiger partial charge in [-0.2, -0.15) is 13.2 Å². The Morgan fingerprint density at radius 2 is 2.04 bits per heavy atom. The molecule has 1 N–H and O–H groups in total. The highest BCUT2D eigenvalue weighted by Gasteiger charge is 2.33. The number of carbonyl (C=O) groups excluding carboxylic acids is 1. The lowest BCUT2D eigenvalue weighted by atomic mass is 9.94.